The fourth-order valence-electron chi connectivity index (χ4n) is 4.08. The standard InChI is InChI=1S/C26H23FN8O4/c1-14-9-16(5-8-18(14)27)12-28-22(36)19-10-20(35-25(32-19)30-13-31-35)23(37)29-11-15-3-6-17(7-4-15)21-24(38)34(2)26(39)33-21/h3-10,13,21H,11-12H2,1-2H3,(H,28,36)(H,29,37)(H,33,39). The van der Waals surface area contributed by atoms with Gasteiger partial charge in [0.1, 0.15) is 29.6 Å². The molecule has 1 unspecified atom stereocenters. The minimum atomic E-state index is -0.750. The number of carbonyl (C=O) groups is 4. The summed E-state index contributed by atoms with van der Waals surface area (Å²) in [7, 11) is 1.41. The first-order chi connectivity index (χ1) is 18.7. The van der Waals surface area contributed by atoms with E-state index in [1.807, 2.05) is 0 Å². The second kappa shape index (κ2) is 10.3. The number of carbonyl (C=O) groups excluding carboxylic acids is 4. The van der Waals surface area contributed by atoms with Gasteiger partial charge in [0.25, 0.3) is 23.5 Å². The van der Waals surface area contributed by atoms with Crippen LogP contribution in [0.2, 0.25) is 0 Å². The van der Waals surface area contributed by atoms with Crippen LogP contribution in [-0.2, 0) is 17.9 Å². The smallest absolute Gasteiger partial charge is 0.324 e. The Hall–Kier alpha value is -5.20. The van der Waals surface area contributed by atoms with E-state index < -0.39 is 23.9 Å². The fraction of sp³-hybridized carbons (Fsp3) is 0.192. The molecule has 1 aliphatic heterocycles. The summed E-state index contributed by atoms with van der Waals surface area (Å²) in [5, 5.41) is 12.1. The molecule has 0 radical (unpaired) electrons. The van der Waals surface area contributed by atoms with Crippen molar-refractivity contribution >= 4 is 29.5 Å². The van der Waals surface area contributed by atoms with Crippen LogP contribution in [0.15, 0.2) is 54.9 Å². The van der Waals surface area contributed by atoms with E-state index in [-0.39, 0.29) is 42.0 Å². The highest BCUT2D eigenvalue weighted by Crippen LogP contribution is 2.21. The third-order valence-electron chi connectivity index (χ3n) is 6.31. The van der Waals surface area contributed by atoms with E-state index in [1.54, 1.807) is 43.3 Å². The number of benzene rings is 2. The van der Waals surface area contributed by atoms with Gasteiger partial charge in [0.15, 0.2) is 0 Å². The van der Waals surface area contributed by atoms with Gasteiger partial charge < -0.3 is 16.0 Å². The summed E-state index contributed by atoms with van der Waals surface area (Å²) in [5.74, 6) is -1.65. The first-order valence-corrected chi connectivity index (χ1v) is 11.9. The van der Waals surface area contributed by atoms with Crippen molar-refractivity contribution in [3.05, 3.63) is 94.3 Å². The Kier molecular flexibility index (Phi) is 6.71. The summed E-state index contributed by atoms with van der Waals surface area (Å²) in [6.07, 6.45) is 1.22. The molecule has 0 saturated carbocycles. The quantitative estimate of drug-likeness (QED) is 0.308. The number of aryl methyl sites for hydroxylation is 1. The highest BCUT2D eigenvalue weighted by atomic mass is 19.1. The van der Waals surface area contributed by atoms with Crippen molar-refractivity contribution < 1.29 is 23.6 Å². The molecule has 13 heteroatoms. The highest BCUT2D eigenvalue weighted by Gasteiger charge is 2.36. The first-order valence-electron chi connectivity index (χ1n) is 11.9. The van der Waals surface area contributed by atoms with Gasteiger partial charge in [-0.05, 0) is 35.2 Å². The number of imide groups is 1. The number of urea groups is 1. The van der Waals surface area contributed by atoms with E-state index in [2.05, 4.69) is 31.0 Å². The Morgan fingerprint density at radius 1 is 1.00 bits per heavy atom. The summed E-state index contributed by atoms with van der Waals surface area (Å²) in [5.41, 5.74) is 2.56. The predicted octanol–water partition coefficient (Wildman–Crippen LogP) is 1.65. The second-order valence-electron chi connectivity index (χ2n) is 8.97. The van der Waals surface area contributed by atoms with Crippen LogP contribution >= 0.6 is 0 Å². The van der Waals surface area contributed by atoms with Crippen molar-refractivity contribution in [3.63, 3.8) is 0 Å². The molecule has 5 rings (SSSR count). The SMILES string of the molecule is Cc1cc(CNC(=O)c2cc(C(=O)NCc3ccc(C4NC(=O)N(C)C4=O)cc3)n3ncnc3n2)ccc1F. The molecule has 3 heterocycles. The molecule has 12 nitrogen and oxygen atoms in total. The summed E-state index contributed by atoms with van der Waals surface area (Å²) in [6.45, 7) is 1.92. The molecular formula is C26H23FN8O4. The molecule has 0 bridgehead atoms. The molecule has 1 atom stereocenters. The van der Waals surface area contributed by atoms with Crippen LogP contribution in [0.5, 0.6) is 0 Å². The molecule has 1 aliphatic rings. The molecule has 39 heavy (non-hydrogen) atoms. The Morgan fingerprint density at radius 3 is 2.38 bits per heavy atom. The monoisotopic (exact) mass is 530 g/mol. The summed E-state index contributed by atoms with van der Waals surface area (Å²) in [6, 6.07) is 11.5. The molecule has 0 spiro atoms. The molecule has 4 aromatic rings. The minimum Gasteiger partial charge on any atom is -0.347 e. The van der Waals surface area contributed by atoms with Crippen LogP contribution in [0, 0.1) is 12.7 Å². The lowest BCUT2D eigenvalue weighted by atomic mass is 10.0. The van der Waals surface area contributed by atoms with E-state index in [0.717, 1.165) is 10.5 Å². The fourth-order valence-corrected chi connectivity index (χ4v) is 4.08. The third kappa shape index (κ3) is 5.14. The van der Waals surface area contributed by atoms with Gasteiger partial charge in [0.2, 0.25) is 0 Å². The zero-order chi connectivity index (χ0) is 27.7. The summed E-state index contributed by atoms with van der Waals surface area (Å²) < 4.78 is 14.7. The number of nitrogens with one attached hydrogen (secondary N) is 3. The number of rotatable bonds is 7. The van der Waals surface area contributed by atoms with E-state index in [0.29, 0.717) is 16.7 Å². The average Bonchev–Trinajstić information content (AvgIpc) is 3.52. The molecule has 198 valence electrons. The molecule has 2 aromatic carbocycles. The van der Waals surface area contributed by atoms with Gasteiger partial charge in [-0.25, -0.2) is 14.2 Å². The third-order valence-corrected chi connectivity index (χ3v) is 6.31. The maximum atomic E-state index is 13.5. The van der Waals surface area contributed by atoms with Crippen LogP contribution in [-0.4, -0.2) is 55.3 Å². The number of fused-ring (bicyclic) bond motifs is 1. The van der Waals surface area contributed by atoms with Gasteiger partial charge >= 0.3 is 6.03 Å². The number of halogens is 1. The van der Waals surface area contributed by atoms with E-state index in [4.69, 9.17) is 0 Å². The van der Waals surface area contributed by atoms with Crippen molar-refractivity contribution in [2.75, 3.05) is 7.05 Å². The Morgan fingerprint density at radius 2 is 1.69 bits per heavy atom. The molecule has 2 aromatic heterocycles. The van der Waals surface area contributed by atoms with Crippen molar-refractivity contribution in [2.45, 2.75) is 26.1 Å². The average molecular weight is 531 g/mol. The Balaban J connectivity index is 1.27. The normalized spacial score (nSPS) is 14.9. The molecule has 1 fully saturated rings. The number of likely N-dealkylation sites (N-methyl/N-ethyl adjacent to an activating group) is 1. The number of amides is 5. The van der Waals surface area contributed by atoms with Gasteiger partial charge in [-0.15, -0.1) is 0 Å². The van der Waals surface area contributed by atoms with Crippen molar-refractivity contribution in [1.29, 1.82) is 0 Å². The van der Waals surface area contributed by atoms with Gasteiger partial charge in [0.05, 0.1) is 0 Å². The zero-order valence-electron chi connectivity index (χ0n) is 20.9. The van der Waals surface area contributed by atoms with Crippen LogP contribution in [0.25, 0.3) is 5.78 Å². The predicted molar refractivity (Wildman–Crippen MR) is 135 cm³/mol. The number of hydrogen-bond acceptors (Lipinski definition) is 7. The molecule has 0 aliphatic carbocycles. The molecule has 3 N–H and O–H groups in total. The second-order valence-corrected chi connectivity index (χ2v) is 8.97. The molecule has 5 amide bonds. The van der Waals surface area contributed by atoms with Gasteiger partial charge in [0, 0.05) is 26.2 Å². The number of nitrogens with zero attached hydrogens (tertiary/aromatic N) is 5. The molecule has 1 saturated heterocycles. The number of hydrogen-bond donors (Lipinski definition) is 3. The molecular weight excluding hydrogens is 507 g/mol. The van der Waals surface area contributed by atoms with Crippen LogP contribution in [0.4, 0.5) is 9.18 Å². The lowest BCUT2D eigenvalue weighted by molar-refractivity contribution is -0.126. The summed E-state index contributed by atoms with van der Waals surface area (Å²) in [4.78, 5) is 59.0. The van der Waals surface area contributed by atoms with Gasteiger partial charge in [-0.2, -0.15) is 14.6 Å². The topological polar surface area (TPSA) is 151 Å². The van der Waals surface area contributed by atoms with Crippen molar-refractivity contribution in [1.82, 2.24) is 40.4 Å². The van der Waals surface area contributed by atoms with E-state index >= 15 is 0 Å². The van der Waals surface area contributed by atoms with Crippen LogP contribution < -0.4 is 16.0 Å². The Labute approximate surface area is 221 Å². The maximum absolute atomic E-state index is 13.5. The van der Waals surface area contributed by atoms with Gasteiger partial charge in [-0.3, -0.25) is 19.3 Å². The van der Waals surface area contributed by atoms with Crippen molar-refractivity contribution in [3.8, 4) is 0 Å². The maximum Gasteiger partial charge on any atom is 0.324 e. The lowest BCUT2D eigenvalue weighted by Gasteiger charge is -2.11. The van der Waals surface area contributed by atoms with E-state index in [9.17, 15) is 23.6 Å². The highest BCUT2D eigenvalue weighted by molar-refractivity contribution is 6.04. The van der Waals surface area contributed by atoms with Crippen LogP contribution in [0.1, 0.15) is 49.3 Å². The first kappa shape index (κ1) is 25.4. The van der Waals surface area contributed by atoms with Crippen LogP contribution in [0.3, 0.4) is 0 Å². The van der Waals surface area contributed by atoms with Gasteiger partial charge in [-0.1, -0.05) is 36.4 Å². The summed E-state index contributed by atoms with van der Waals surface area (Å²) >= 11 is 0. The minimum absolute atomic E-state index is 0.0305. The lowest BCUT2D eigenvalue weighted by Crippen LogP contribution is -2.28. The van der Waals surface area contributed by atoms with E-state index in [1.165, 1.54) is 30.0 Å². The largest absolute Gasteiger partial charge is 0.347 e. The number of aromatic nitrogens is 4. The van der Waals surface area contributed by atoms with Crippen molar-refractivity contribution in [2.24, 2.45) is 0 Å². The Bertz CT molecular complexity index is 1620. The zero-order valence-corrected chi connectivity index (χ0v) is 20.9.